The van der Waals surface area contributed by atoms with E-state index in [1.807, 2.05) is 29.2 Å². The highest BCUT2D eigenvalue weighted by Gasteiger charge is 2.47. The molecule has 24 heavy (non-hydrogen) atoms. The van der Waals surface area contributed by atoms with E-state index in [-0.39, 0.29) is 23.6 Å². The molecule has 3 aliphatic heterocycles. The Kier molecular flexibility index (Phi) is 3.96. The molecule has 1 aromatic rings. The van der Waals surface area contributed by atoms with Crippen molar-refractivity contribution >= 4 is 32.5 Å². The van der Waals surface area contributed by atoms with E-state index in [0.717, 1.165) is 22.4 Å². The lowest BCUT2D eigenvalue weighted by Crippen LogP contribution is -2.39. The van der Waals surface area contributed by atoms with Crippen LogP contribution in [-0.4, -0.2) is 56.1 Å². The van der Waals surface area contributed by atoms with Crippen molar-refractivity contribution in [3.05, 3.63) is 30.9 Å². The van der Waals surface area contributed by atoms with E-state index in [1.54, 1.807) is 11.8 Å². The molecule has 0 bridgehead atoms. The summed E-state index contributed by atoms with van der Waals surface area (Å²) in [5, 5.41) is 0.844. The summed E-state index contributed by atoms with van der Waals surface area (Å²) in [4.78, 5) is 6.69. The van der Waals surface area contributed by atoms with Gasteiger partial charge >= 0.3 is 0 Å². The number of rotatable bonds is 3. The van der Waals surface area contributed by atoms with Crippen LogP contribution in [0.25, 0.3) is 0 Å². The van der Waals surface area contributed by atoms with Crippen molar-refractivity contribution in [3.63, 3.8) is 0 Å². The molecule has 2 atom stereocenters. The number of sulfone groups is 1. The van der Waals surface area contributed by atoms with E-state index in [2.05, 4.69) is 11.6 Å². The van der Waals surface area contributed by atoms with Crippen LogP contribution in [0.5, 0.6) is 11.5 Å². The smallest absolute Gasteiger partial charge is 0.164 e. The van der Waals surface area contributed by atoms with Crippen LogP contribution in [0, 0.1) is 0 Å². The van der Waals surface area contributed by atoms with Gasteiger partial charge in [-0.15, -0.1) is 6.58 Å². The van der Waals surface area contributed by atoms with Crippen LogP contribution in [0.15, 0.2) is 35.8 Å². The minimum Gasteiger partial charge on any atom is -0.486 e. The monoisotopic (exact) mass is 366 g/mol. The van der Waals surface area contributed by atoms with Crippen molar-refractivity contribution in [2.24, 2.45) is 4.99 Å². The SMILES string of the molecule is C=CCSC1=N[C@H]2CS(=O)(=O)C[C@@H]2N1c1ccc2c(c1)OCCO2. The average Bonchev–Trinajstić information content (AvgIpc) is 3.03. The van der Waals surface area contributed by atoms with Gasteiger partial charge in [-0.3, -0.25) is 4.99 Å². The fourth-order valence-corrected chi connectivity index (χ4v) is 5.95. The molecule has 0 aliphatic carbocycles. The number of aliphatic imine (C=N–C) groups is 1. The molecule has 0 radical (unpaired) electrons. The number of ether oxygens (including phenoxy) is 2. The molecule has 0 saturated carbocycles. The Labute approximate surface area is 145 Å². The van der Waals surface area contributed by atoms with E-state index in [9.17, 15) is 8.42 Å². The molecule has 0 spiro atoms. The van der Waals surface area contributed by atoms with E-state index >= 15 is 0 Å². The first-order valence-corrected chi connectivity index (χ1v) is 10.6. The zero-order chi connectivity index (χ0) is 16.7. The lowest BCUT2D eigenvalue weighted by Gasteiger charge is -2.28. The first-order valence-electron chi connectivity index (χ1n) is 7.78. The standard InChI is InChI=1S/C16H18N2O4S2/c1-2-7-23-16-17-12-9-24(19,20)10-13(12)18(16)11-3-4-14-15(8-11)22-6-5-21-14/h2-4,8,12-13H,1,5-7,9-10H2/t12-,13-/m0/s1. The predicted octanol–water partition coefficient (Wildman–Crippen LogP) is 1.72. The molecule has 128 valence electrons. The van der Waals surface area contributed by atoms with Gasteiger partial charge < -0.3 is 14.4 Å². The van der Waals surface area contributed by atoms with Gasteiger partial charge in [0.05, 0.1) is 23.6 Å². The summed E-state index contributed by atoms with van der Waals surface area (Å²) in [5.74, 6) is 2.39. The van der Waals surface area contributed by atoms with Crippen LogP contribution < -0.4 is 14.4 Å². The number of benzene rings is 1. The lowest BCUT2D eigenvalue weighted by molar-refractivity contribution is 0.171. The van der Waals surface area contributed by atoms with Crippen molar-refractivity contribution in [2.45, 2.75) is 12.1 Å². The van der Waals surface area contributed by atoms with Crippen LogP contribution in [0.2, 0.25) is 0 Å². The maximum Gasteiger partial charge on any atom is 0.164 e. The van der Waals surface area contributed by atoms with Gasteiger partial charge in [0.15, 0.2) is 26.5 Å². The third kappa shape index (κ3) is 2.77. The highest BCUT2D eigenvalue weighted by atomic mass is 32.2. The minimum atomic E-state index is -3.04. The second kappa shape index (κ2) is 6.00. The van der Waals surface area contributed by atoms with Crippen LogP contribution in [0.4, 0.5) is 5.69 Å². The molecule has 1 aromatic carbocycles. The molecule has 3 heterocycles. The Bertz CT molecular complexity index is 806. The molecule has 6 nitrogen and oxygen atoms in total. The molecule has 4 rings (SSSR count). The average molecular weight is 366 g/mol. The molecule has 0 amide bonds. The second-order valence-corrected chi connectivity index (χ2v) is 9.06. The molecule has 0 aromatic heterocycles. The van der Waals surface area contributed by atoms with Crippen LogP contribution >= 0.6 is 11.8 Å². The first kappa shape index (κ1) is 15.8. The van der Waals surface area contributed by atoms with Crippen molar-refractivity contribution in [3.8, 4) is 11.5 Å². The zero-order valence-electron chi connectivity index (χ0n) is 13.1. The Morgan fingerprint density at radius 3 is 2.88 bits per heavy atom. The summed E-state index contributed by atoms with van der Waals surface area (Å²) in [7, 11) is -3.04. The van der Waals surface area contributed by atoms with Gasteiger partial charge in [-0.05, 0) is 12.1 Å². The summed E-state index contributed by atoms with van der Waals surface area (Å²) >= 11 is 1.57. The predicted molar refractivity (Wildman–Crippen MR) is 96.2 cm³/mol. The highest BCUT2D eigenvalue weighted by molar-refractivity contribution is 8.14. The number of amidine groups is 1. The Balaban J connectivity index is 1.70. The van der Waals surface area contributed by atoms with Crippen molar-refractivity contribution in [1.82, 2.24) is 0 Å². The number of thioether (sulfide) groups is 1. The Morgan fingerprint density at radius 2 is 2.08 bits per heavy atom. The zero-order valence-corrected chi connectivity index (χ0v) is 14.7. The Hall–Kier alpha value is -1.67. The van der Waals surface area contributed by atoms with Crippen LogP contribution in [0.3, 0.4) is 0 Å². The highest BCUT2D eigenvalue weighted by Crippen LogP contribution is 2.39. The lowest BCUT2D eigenvalue weighted by atomic mass is 10.1. The molecule has 0 N–H and O–H groups in total. The van der Waals surface area contributed by atoms with E-state index in [0.29, 0.717) is 19.0 Å². The molecular weight excluding hydrogens is 348 g/mol. The normalized spacial score (nSPS) is 26.8. The molecule has 8 heteroatoms. The van der Waals surface area contributed by atoms with Crippen molar-refractivity contribution in [2.75, 3.05) is 35.4 Å². The first-order chi connectivity index (χ1) is 11.6. The summed E-state index contributed by atoms with van der Waals surface area (Å²) in [5.41, 5.74) is 0.888. The largest absolute Gasteiger partial charge is 0.486 e. The number of nitrogens with zero attached hydrogens (tertiary/aromatic N) is 2. The molecular formula is C16H18N2O4S2. The van der Waals surface area contributed by atoms with Gasteiger partial charge in [-0.25, -0.2) is 8.42 Å². The van der Waals surface area contributed by atoms with Gasteiger partial charge in [-0.2, -0.15) is 0 Å². The number of fused-ring (bicyclic) bond motifs is 2. The van der Waals surface area contributed by atoms with E-state index < -0.39 is 9.84 Å². The minimum absolute atomic E-state index is 0.122. The maximum atomic E-state index is 12.0. The third-order valence-corrected chi connectivity index (χ3v) is 6.90. The summed E-state index contributed by atoms with van der Waals surface area (Å²) in [6, 6.07) is 5.37. The fourth-order valence-electron chi connectivity index (χ4n) is 3.25. The number of anilines is 1. The second-order valence-electron chi connectivity index (χ2n) is 5.92. The van der Waals surface area contributed by atoms with Crippen LogP contribution in [0.1, 0.15) is 0 Å². The van der Waals surface area contributed by atoms with Gasteiger partial charge in [0.2, 0.25) is 0 Å². The van der Waals surface area contributed by atoms with E-state index in [1.165, 1.54) is 0 Å². The Morgan fingerprint density at radius 1 is 1.29 bits per heavy atom. The molecule has 1 fully saturated rings. The van der Waals surface area contributed by atoms with Gasteiger partial charge in [0.25, 0.3) is 0 Å². The van der Waals surface area contributed by atoms with Crippen molar-refractivity contribution in [1.29, 1.82) is 0 Å². The molecule has 0 unspecified atom stereocenters. The molecule has 1 saturated heterocycles. The van der Waals surface area contributed by atoms with E-state index in [4.69, 9.17) is 9.47 Å². The van der Waals surface area contributed by atoms with Gasteiger partial charge in [0, 0.05) is 17.5 Å². The topological polar surface area (TPSA) is 68.2 Å². The van der Waals surface area contributed by atoms with Gasteiger partial charge in [-0.1, -0.05) is 17.8 Å². The number of hydrogen-bond donors (Lipinski definition) is 0. The summed E-state index contributed by atoms with van der Waals surface area (Å²) < 4.78 is 35.2. The quantitative estimate of drug-likeness (QED) is 0.759. The molecule has 3 aliphatic rings. The summed E-state index contributed by atoms with van der Waals surface area (Å²) in [6.07, 6.45) is 1.82. The van der Waals surface area contributed by atoms with Crippen LogP contribution in [-0.2, 0) is 9.84 Å². The third-order valence-electron chi connectivity index (χ3n) is 4.24. The maximum absolute atomic E-state index is 12.0. The summed E-state index contributed by atoms with van der Waals surface area (Å²) in [6.45, 7) is 4.81. The van der Waals surface area contributed by atoms with Crippen molar-refractivity contribution < 1.29 is 17.9 Å². The number of hydrogen-bond acceptors (Lipinski definition) is 7. The van der Waals surface area contributed by atoms with Gasteiger partial charge in [0.1, 0.15) is 13.2 Å². The fraction of sp³-hybridized carbons (Fsp3) is 0.438.